The summed E-state index contributed by atoms with van der Waals surface area (Å²) in [6, 6.07) is 3.80. The zero-order chi connectivity index (χ0) is 12.3. The molecule has 1 fully saturated rings. The summed E-state index contributed by atoms with van der Waals surface area (Å²) < 4.78 is 1.91. The number of aromatic nitrogens is 1. The van der Waals surface area contributed by atoms with Crippen LogP contribution in [0.25, 0.3) is 0 Å². The van der Waals surface area contributed by atoms with Crippen LogP contribution in [-0.4, -0.2) is 55.4 Å². The van der Waals surface area contributed by atoms with Gasteiger partial charge >= 0.3 is 0 Å². The third kappa shape index (κ3) is 4.29. The summed E-state index contributed by atoms with van der Waals surface area (Å²) in [6.45, 7) is 4.62. The molecule has 0 bridgehead atoms. The number of carbonyl (C=O) groups excluding carboxylic acids is 1. The van der Waals surface area contributed by atoms with E-state index in [0.717, 1.165) is 31.7 Å². The molecule has 0 radical (unpaired) electrons. The zero-order valence-corrected chi connectivity index (χ0v) is 13.1. The van der Waals surface area contributed by atoms with Crippen molar-refractivity contribution in [1.82, 2.24) is 9.80 Å². The summed E-state index contributed by atoms with van der Waals surface area (Å²) in [5, 5.41) is 0. The number of Topliss-reactive ketones (excluding diaryl/α,β-unsaturated/α-hetero) is 1. The number of aryl methyl sites for hydroxylation is 1. The van der Waals surface area contributed by atoms with E-state index in [9.17, 15) is 4.79 Å². The molecule has 0 aliphatic carbocycles. The molecule has 0 unspecified atom stereocenters. The molecule has 2 rings (SSSR count). The number of rotatable bonds is 3. The van der Waals surface area contributed by atoms with E-state index in [1.54, 1.807) is 0 Å². The molecule has 1 aromatic rings. The van der Waals surface area contributed by atoms with Gasteiger partial charge in [-0.05, 0) is 13.1 Å². The number of ketones is 1. The van der Waals surface area contributed by atoms with Crippen LogP contribution < -0.4 is 28.5 Å². The van der Waals surface area contributed by atoms with Crippen molar-refractivity contribution in [3.63, 3.8) is 0 Å². The number of hydrogen-bond donors (Lipinski definition) is 0. The second-order valence-electron chi connectivity index (χ2n) is 4.76. The van der Waals surface area contributed by atoms with Gasteiger partial charge in [0.25, 0.3) is 0 Å². The molecular weight excluding hydrogens is 341 g/mol. The number of hydrogen-bond acceptors (Lipinski definition) is 3. The van der Waals surface area contributed by atoms with Crippen molar-refractivity contribution in [3.8, 4) is 0 Å². The van der Waals surface area contributed by atoms with E-state index in [2.05, 4.69) is 16.8 Å². The molecule has 5 heteroatoms. The first-order chi connectivity index (χ1) is 8.15. The molecule has 0 atom stereocenters. The minimum Gasteiger partial charge on any atom is -1.00 e. The van der Waals surface area contributed by atoms with Gasteiger partial charge < -0.3 is 28.9 Å². The van der Waals surface area contributed by atoms with Crippen molar-refractivity contribution in [2.75, 3.05) is 39.8 Å². The molecule has 0 amide bonds. The summed E-state index contributed by atoms with van der Waals surface area (Å²) in [4.78, 5) is 16.6. The average molecular weight is 361 g/mol. The van der Waals surface area contributed by atoms with Gasteiger partial charge in [-0.25, -0.2) is 4.57 Å². The second-order valence-corrected chi connectivity index (χ2v) is 4.76. The molecule has 0 aromatic carbocycles. The van der Waals surface area contributed by atoms with Gasteiger partial charge in [0.05, 0.1) is 12.1 Å². The van der Waals surface area contributed by atoms with Crippen LogP contribution in [0.3, 0.4) is 0 Å². The topological polar surface area (TPSA) is 27.4 Å². The Morgan fingerprint density at radius 3 is 2.61 bits per heavy atom. The van der Waals surface area contributed by atoms with Crippen LogP contribution in [0.4, 0.5) is 0 Å². The van der Waals surface area contributed by atoms with Crippen molar-refractivity contribution in [1.29, 1.82) is 0 Å². The van der Waals surface area contributed by atoms with Gasteiger partial charge in [0.1, 0.15) is 7.05 Å². The zero-order valence-electron chi connectivity index (χ0n) is 11.0. The average Bonchev–Trinajstić information content (AvgIpc) is 2.32. The Bertz CT molecular complexity index is 403. The molecule has 4 nitrogen and oxygen atoms in total. The van der Waals surface area contributed by atoms with E-state index >= 15 is 0 Å². The van der Waals surface area contributed by atoms with Crippen LogP contribution >= 0.6 is 0 Å². The highest BCUT2D eigenvalue weighted by Crippen LogP contribution is 2.03. The maximum atomic E-state index is 12.1. The fourth-order valence-corrected chi connectivity index (χ4v) is 2.05. The highest BCUT2D eigenvalue weighted by atomic mass is 127. The van der Waals surface area contributed by atoms with E-state index in [1.165, 1.54) is 0 Å². The summed E-state index contributed by atoms with van der Waals surface area (Å²) in [7, 11) is 4.06. The third-order valence-corrected chi connectivity index (χ3v) is 3.22. The van der Waals surface area contributed by atoms with Crippen LogP contribution in [0, 0.1) is 0 Å². The second kappa shape index (κ2) is 7.16. The fourth-order valence-electron chi connectivity index (χ4n) is 2.05. The van der Waals surface area contributed by atoms with E-state index in [1.807, 2.05) is 36.1 Å². The third-order valence-electron chi connectivity index (χ3n) is 3.22. The smallest absolute Gasteiger partial charge is 0.182 e. The first-order valence-corrected chi connectivity index (χ1v) is 6.04. The van der Waals surface area contributed by atoms with Gasteiger partial charge in [-0.15, -0.1) is 0 Å². The maximum Gasteiger partial charge on any atom is 0.182 e. The summed E-state index contributed by atoms with van der Waals surface area (Å²) in [6.07, 6.45) is 3.82. The van der Waals surface area contributed by atoms with Crippen molar-refractivity contribution in [2.45, 2.75) is 0 Å². The molecule has 1 aliphatic heterocycles. The largest absolute Gasteiger partial charge is 1.00 e. The number of pyridine rings is 1. The van der Waals surface area contributed by atoms with Crippen LogP contribution in [-0.2, 0) is 7.05 Å². The molecule has 2 heterocycles. The molecule has 1 aromatic heterocycles. The standard InChI is InChI=1S/C13H20N3O.HI/c1-14-6-8-16(9-7-14)11-13(17)12-4-3-5-15(2)10-12;/h3-5,10H,6-9,11H2,1-2H3;1H/q+1;/p-1. The predicted octanol–water partition coefficient (Wildman–Crippen LogP) is -3.05. The Hall–Kier alpha value is -0.530. The van der Waals surface area contributed by atoms with Crippen molar-refractivity contribution in [2.24, 2.45) is 7.05 Å². The quantitative estimate of drug-likeness (QED) is 0.325. The first-order valence-electron chi connectivity index (χ1n) is 6.04. The summed E-state index contributed by atoms with van der Waals surface area (Å²) in [5.74, 6) is 0.214. The van der Waals surface area contributed by atoms with Crippen LogP contribution in [0.5, 0.6) is 0 Å². The number of nitrogens with zero attached hydrogens (tertiary/aromatic N) is 3. The molecule has 1 saturated heterocycles. The van der Waals surface area contributed by atoms with E-state index in [4.69, 9.17) is 0 Å². The minimum absolute atomic E-state index is 0. The summed E-state index contributed by atoms with van der Waals surface area (Å²) in [5.41, 5.74) is 0.800. The van der Waals surface area contributed by atoms with Gasteiger partial charge in [-0.3, -0.25) is 9.69 Å². The Balaban J connectivity index is 0.00000162. The SMILES string of the molecule is CN1CCN(CC(=O)c2ccc[n+](C)c2)CC1.[I-]. The van der Waals surface area contributed by atoms with Gasteiger partial charge in [0.15, 0.2) is 18.2 Å². The molecule has 0 spiro atoms. The highest BCUT2D eigenvalue weighted by Gasteiger charge is 2.18. The fraction of sp³-hybridized carbons (Fsp3) is 0.538. The lowest BCUT2D eigenvalue weighted by molar-refractivity contribution is -0.671. The molecule has 18 heavy (non-hydrogen) atoms. The monoisotopic (exact) mass is 361 g/mol. The lowest BCUT2D eigenvalue weighted by atomic mass is 10.1. The molecule has 0 N–H and O–H groups in total. The van der Waals surface area contributed by atoms with E-state index < -0.39 is 0 Å². The number of likely N-dealkylation sites (N-methyl/N-ethyl adjacent to an activating group) is 1. The van der Waals surface area contributed by atoms with Crippen LogP contribution in [0.2, 0.25) is 0 Å². The number of carbonyl (C=O) groups is 1. The van der Waals surface area contributed by atoms with Gasteiger partial charge in [0.2, 0.25) is 0 Å². The first kappa shape index (κ1) is 15.5. The number of halogens is 1. The molecular formula is C13H20IN3O. The predicted molar refractivity (Wildman–Crippen MR) is 65.9 cm³/mol. The Morgan fingerprint density at radius 2 is 2.00 bits per heavy atom. The molecule has 100 valence electrons. The van der Waals surface area contributed by atoms with Crippen molar-refractivity contribution >= 4 is 5.78 Å². The molecule has 0 saturated carbocycles. The van der Waals surface area contributed by atoms with E-state index in [0.29, 0.717) is 6.54 Å². The van der Waals surface area contributed by atoms with E-state index in [-0.39, 0.29) is 29.8 Å². The number of piperazine rings is 1. The van der Waals surface area contributed by atoms with Gasteiger partial charge in [-0.2, -0.15) is 0 Å². The Morgan fingerprint density at radius 1 is 1.33 bits per heavy atom. The van der Waals surface area contributed by atoms with Crippen LogP contribution in [0.15, 0.2) is 24.5 Å². The lowest BCUT2D eigenvalue weighted by Crippen LogP contribution is -3.00. The Labute approximate surface area is 126 Å². The van der Waals surface area contributed by atoms with Crippen molar-refractivity contribution < 1.29 is 33.3 Å². The van der Waals surface area contributed by atoms with Gasteiger partial charge in [0, 0.05) is 32.2 Å². The van der Waals surface area contributed by atoms with Crippen molar-refractivity contribution in [3.05, 3.63) is 30.1 Å². The lowest BCUT2D eigenvalue weighted by Gasteiger charge is -2.31. The van der Waals surface area contributed by atoms with Gasteiger partial charge in [-0.1, -0.05) is 0 Å². The normalized spacial score (nSPS) is 17.2. The highest BCUT2D eigenvalue weighted by molar-refractivity contribution is 5.97. The Kier molecular flexibility index (Phi) is 6.17. The minimum atomic E-state index is 0. The summed E-state index contributed by atoms with van der Waals surface area (Å²) >= 11 is 0. The molecule has 1 aliphatic rings. The van der Waals surface area contributed by atoms with Crippen LogP contribution in [0.1, 0.15) is 10.4 Å². The maximum absolute atomic E-state index is 12.1.